The molecule has 0 saturated carbocycles. The molecule has 1 saturated heterocycles. The molecule has 3 aromatic rings. The Hall–Kier alpha value is -3.08. The molecule has 0 radical (unpaired) electrons. The van der Waals surface area contributed by atoms with Crippen molar-refractivity contribution >= 4 is 6.09 Å². The highest BCUT2D eigenvalue weighted by Crippen LogP contribution is 2.24. The first-order valence-electron chi connectivity index (χ1n) is 9.77. The minimum Gasteiger partial charge on any atom is -0.448 e. The number of hydrogen-bond donors (Lipinski definition) is 0. The third-order valence-corrected chi connectivity index (χ3v) is 5.10. The van der Waals surface area contributed by atoms with Gasteiger partial charge in [-0.15, -0.1) is 0 Å². The van der Waals surface area contributed by atoms with Crippen LogP contribution in [0.4, 0.5) is 4.79 Å². The van der Waals surface area contributed by atoms with E-state index in [0.29, 0.717) is 25.5 Å². The van der Waals surface area contributed by atoms with E-state index >= 15 is 0 Å². The molecule has 5 heteroatoms. The van der Waals surface area contributed by atoms with Crippen molar-refractivity contribution in [3.8, 4) is 11.3 Å². The van der Waals surface area contributed by atoms with E-state index in [9.17, 15) is 4.79 Å². The van der Waals surface area contributed by atoms with Gasteiger partial charge in [0.1, 0.15) is 18.6 Å². The molecule has 144 valence electrons. The van der Waals surface area contributed by atoms with Crippen molar-refractivity contribution in [3.63, 3.8) is 0 Å². The van der Waals surface area contributed by atoms with Crippen LogP contribution in [0.25, 0.3) is 11.3 Å². The average molecular weight is 376 g/mol. The number of piperidine rings is 1. The Morgan fingerprint density at radius 2 is 1.82 bits per heavy atom. The van der Waals surface area contributed by atoms with Crippen molar-refractivity contribution in [2.24, 2.45) is 0 Å². The lowest BCUT2D eigenvalue weighted by Crippen LogP contribution is -2.45. The summed E-state index contributed by atoms with van der Waals surface area (Å²) in [5.74, 6) is 0.659. The molecule has 1 amide bonds. The number of rotatable bonds is 5. The van der Waals surface area contributed by atoms with Crippen molar-refractivity contribution in [1.82, 2.24) is 9.88 Å². The number of benzene rings is 2. The van der Waals surface area contributed by atoms with Crippen molar-refractivity contribution in [2.45, 2.75) is 38.3 Å². The molecule has 4 rings (SSSR count). The predicted octanol–water partition coefficient (Wildman–Crippen LogP) is 5.08. The summed E-state index contributed by atoms with van der Waals surface area (Å²) in [6.07, 6.45) is 5.06. The number of hydrogen-bond acceptors (Lipinski definition) is 4. The number of amides is 1. The monoisotopic (exact) mass is 376 g/mol. The van der Waals surface area contributed by atoms with Gasteiger partial charge < -0.3 is 14.1 Å². The van der Waals surface area contributed by atoms with Gasteiger partial charge in [-0.05, 0) is 24.8 Å². The summed E-state index contributed by atoms with van der Waals surface area (Å²) in [7, 11) is 0. The van der Waals surface area contributed by atoms with Gasteiger partial charge >= 0.3 is 6.09 Å². The summed E-state index contributed by atoms with van der Waals surface area (Å²) in [5, 5.41) is 0. The predicted molar refractivity (Wildman–Crippen MR) is 107 cm³/mol. The standard InChI is InChI=1S/C23H24N2O3/c26-23(28-16-18-9-3-1-4-10-18)25-14-8-7-13-20(25)15-22-24-21(17-27-22)19-11-5-2-6-12-19/h1-6,9-12,17,20H,7-8,13-16H2/t20-/m0/s1. The number of aromatic nitrogens is 1. The number of oxazole rings is 1. The molecule has 1 atom stereocenters. The fourth-order valence-corrected chi connectivity index (χ4v) is 3.60. The van der Waals surface area contributed by atoms with E-state index in [1.54, 1.807) is 6.26 Å². The lowest BCUT2D eigenvalue weighted by atomic mass is 10.00. The molecule has 1 aliphatic rings. The molecule has 0 bridgehead atoms. The summed E-state index contributed by atoms with van der Waals surface area (Å²) in [4.78, 5) is 19.1. The molecule has 2 aromatic carbocycles. The molecular formula is C23H24N2O3. The summed E-state index contributed by atoms with van der Waals surface area (Å²) in [5.41, 5.74) is 2.84. The highest BCUT2D eigenvalue weighted by Gasteiger charge is 2.29. The normalized spacial score (nSPS) is 16.7. The Balaban J connectivity index is 1.40. The van der Waals surface area contributed by atoms with Gasteiger partial charge in [-0.25, -0.2) is 9.78 Å². The van der Waals surface area contributed by atoms with Crippen LogP contribution in [0.2, 0.25) is 0 Å². The van der Waals surface area contributed by atoms with E-state index < -0.39 is 0 Å². The molecule has 2 heterocycles. The second-order valence-corrected chi connectivity index (χ2v) is 7.08. The van der Waals surface area contributed by atoms with Crippen LogP contribution in [0.1, 0.15) is 30.7 Å². The average Bonchev–Trinajstić information content (AvgIpc) is 3.22. The number of carbonyl (C=O) groups excluding carboxylic acids is 1. The highest BCUT2D eigenvalue weighted by atomic mass is 16.6. The number of ether oxygens (including phenoxy) is 1. The van der Waals surface area contributed by atoms with Crippen molar-refractivity contribution < 1.29 is 13.9 Å². The van der Waals surface area contributed by atoms with Crippen LogP contribution in [0.15, 0.2) is 71.3 Å². The van der Waals surface area contributed by atoms with Crippen LogP contribution in [0.5, 0.6) is 0 Å². The minimum absolute atomic E-state index is 0.0549. The molecule has 1 aliphatic heterocycles. The Kier molecular flexibility index (Phi) is 5.71. The summed E-state index contributed by atoms with van der Waals surface area (Å²) >= 11 is 0. The Morgan fingerprint density at radius 1 is 1.07 bits per heavy atom. The van der Waals surface area contributed by atoms with Crippen LogP contribution in [0.3, 0.4) is 0 Å². The lowest BCUT2D eigenvalue weighted by Gasteiger charge is -2.34. The van der Waals surface area contributed by atoms with Gasteiger partial charge in [0.25, 0.3) is 0 Å². The van der Waals surface area contributed by atoms with Gasteiger partial charge in [0, 0.05) is 24.6 Å². The van der Waals surface area contributed by atoms with Crippen molar-refractivity contribution in [3.05, 3.63) is 78.4 Å². The van der Waals surface area contributed by atoms with Crippen LogP contribution in [-0.4, -0.2) is 28.6 Å². The summed E-state index contributed by atoms with van der Waals surface area (Å²) < 4.78 is 11.2. The Morgan fingerprint density at radius 3 is 2.61 bits per heavy atom. The maximum atomic E-state index is 12.7. The zero-order chi connectivity index (χ0) is 19.2. The first kappa shape index (κ1) is 18.3. The maximum absolute atomic E-state index is 12.7. The van der Waals surface area contributed by atoms with Crippen LogP contribution < -0.4 is 0 Å². The second-order valence-electron chi connectivity index (χ2n) is 7.08. The Bertz CT molecular complexity index is 892. The van der Waals surface area contributed by atoms with Crippen molar-refractivity contribution in [2.75, 3.05) is 6.54 Å². The molecule has 28 heavy (non-hydrogen) atoms. The first-order valence-corrected chi connectivity index (χ1v) is 9.77. The van der Waals surface area contributed by atoms with E-state index in [4.69, 9.17) is 9.15 Å². The van der Waals surface area contributed by atoms with Gasteiger partial charge in [-0.3, -0.25) is 0 Å². The van der Waals surface area contributed by atoms with Crippen LogP contribution in [0, 0.1) is 0 Å². The molecule has 0 unspecified atom stereocenters. The highest BCUT2D eigenvalue weighted by molar-refractivity contribution is 5.68. The molecule has 1 fully saturated rings. The fourth-order valence-electron chi connectivity index (χ4n) is 3.60. The maximum Gasteiger partial charge on any atom is 0.410 e. The van der Waals surface area contributed by atoms with Crippen LogP contribution in [-0.2, 0) is 17.8 Å². The molecule has 0 spiro atoms. The molecule has 1 aromatic heterocycles. The second kappa shape index (κ2) is 8.74. The van der Waals surface area contributed by atoms with E-state index in [1.807, 2.05) is 65.6 Å². The Labute approximate surface area is 165 Å². The molecular weight excluding hydrogens is 352 g/mol. The summed E-state index contributed by atoms with van der Waals surface area (Å²) in [6, 6.07) is 19.8. The van der Waals surface area contributed by atoms with Gasteiger partial charge in [-0.1, -0.05) is 60.7 Å². The SMILES string of the molecule is O=C(OCc1ccccc1)N1CCCC[C@H]1Cc1nc(-c2ccccc2)co1. The topological polar surface area (TPSA) is 55.6 Å². The number of carbonyl (C=O) groups is 1. The minimum atomic E-state index is -0.261. The van der Waals surface area contributed by atoms with Crippen molar-refractivity contribution in [1.29, 1.82) is 0 Å². The lowest BCUT2D eigenvalue weighted by molar-refractivity contribution is 0.0667. The number of nitrogens with zero attached hydrogens (tertiary/aromatic N) is 2. The smallest absolute Gasteiger partial charge is 0.410 e. The molecule has 0 N–H and O–H groups in total. The first-order chi connectivity index (χ1) is 13.8. The summed E-state index contributed by atoms with van der Waals surface area (Å²) in [6.45, 7) is 1.00. The van der Waals surface area contributed by atoms with E-state index in [-0.39, 0.29) is 12.1 Å². The van der Waals surface area contributed by atoms with Gasteiger partial charge in [-0.2, -0.15) is 0 Å². The number of likely N-dealkylation sites (tertiary alicyclic amines) is 1. The van der Waals surface area contributed by atoms with Gasteiger partial charge in [0.05, 0.1) is 0 Å². The van der Waals surface area contributed by atoms with E-state index in [0.717, 1.165) is 36.1 Å². The van der Waals surface area contributed by atoms with E-state index in [1.165, 1.54) is 0 Å². The van der Waals surface area contributed by atoms with Crippen LogP contribution >= 0.6 is 0 Å². The fraction of sp³-hybridized carbons (Fsp3) is 0.304. The zero-order valence-electron chi connectivity index (χ0n) is 15.8. The third kappa shape index (κ3) is 4.42. The quantitative estimate of drug-likeness (QED) is 0.623. The zero-order valence-corrected chi connectivity index (χ0v) is 15.8. The van der Waals surface area contributed by atoms with Gasteiger partial charge in [0.2, 0.25) is 0 Å². The molecule has 0 aliphatic carbocycles. The van der Waals surface area contributed by atoms with E-state index in [2.05, 4.69) is 4.98 Å². The third-order valence-electron chi connectivity index (χ3n) is 5.10. The largest absolute Gasteiger partial charge is 0.448 e. The van der Waals surface area contributed by atoms with Gasteiger partial charge in [0.15, 0.2) is 5.89 Å². The molecule has 5 nitrogen and oxygen atoms in total.